The zero-order chi connectivity index (χ0) is 24.4. The molecule has 0 saturated heterocycles. The number of carbonyl (C=O) groups is 1. The molecule has 5 heteroatoms. The van der Waals surface area contributed by atoms with Crippen LogP contribution in [0.25, 0.3) is 0 Å². The van der Waals surface area contributed by atoms with Crippen molar-refractivity contribution in [3.05, 3.63) is 65.9 Å². The Labute approximate surface area is 195 Å². The second-order valence-electron chi connectivity index (χ2n) is 6.62. The number of amides is 1. The van der Waals surface area contributed by atoms with Crippen LogP contribution in [-0.2, 0) is 4.79 Å². The van der Waals surface area contributed by atoms with Crippen LogP contribution in [0.5, 0.6) is 0 Å². The van der Waals surface area contributed by atoms with E-state index in [9.17, 15) is 4.79 Å². The van der Waals surface area contributed by atoms with Crippen molar-refractivity contribution in [1.29, 1.82) is 0 Å². The molecule has 0 saturated carbocycles. The Balaban J connectivity index is 0.00000227. The second kappa shape index (κ2) is 17.7. The van der Waals surface area contributed by atoms with Crippen LogP contribution < -0.4 is 10.3 Å². The van der Waals surface area contributed by atoms with Crippen LogP contribution >= 0.6 is 0 Å². The number of rotatable bonds is 9. The van der Waals surface area contributed by atoms with Crippen molar-refractivity contribution < 1.29 is 4.79 Å². The molecule has 1 heterocycles. The monoisotopic (exact) mass is 438 g/mol. The maximum atomic E-state index is 12.8. The molecular formula is C27H42N4O. The van der Waals surface area contributed by atoms with E-state index in [1.165, 1.54) is 10.6 Å². The Hall–Kier alpha value is -2.95. The molecule has 1 N–H and O–H groups in total. The fraction of sp³-hybridized carbons (Fsp3) is 0.444. The smallest absolute Gasteiger partial charge is 0.258 e. The predicted molar refractivity (Wildman–Crippen MR) is 142 cm³/mol. The van der Waals surface area contributed by atoms with E-state index in [2.05, 4.69) is 46.6 Å². The normalized spacial score (nSPS) is 16.5. The number of carbonyl (C=O) groups excluding carboxylic acids is 1. The summed E-state index contributed by atoms with van der Waals surface area (Å²) in [7, 11) is 0. The minimum Gasteiger partial charge on any atom is -0.383 e. The van der Waals surface area contributed by atoms with Crippen molar-refractivity contribution in [2.24, 2.45) is 16.0 Å². The fourth-order valence-electron chi connectivity index (χ4n) is 2.72. The minimum atomic E-state index is -0.278. The van der Waals surface area contributed by atoms with Gasteiger partial charge in [0, 0.05) is 25.0 Å². The van der Waals surface area contributed by atoms with E-state index >= 15 is 0 Å². The van der Waals surface area contributed by atoms with E-state index < -0.39 is 0 Å². The molecule has 1 aromatic carbocycles. The summed E-state index contributed by atoms with van der Waals surface area (Å²) >= 11 is 0. The summed E-state index contributed by atoms with van der Waals surface area (Å²) in [5.41, 5.74) is 3.76. The molecule has 0 radical (unpaired) electrons. The molecule has 2 rings (SSSR count). The number of nitrogens with one attached hydrogen (secondary N) is 1. The Morgan fingerprint density at radius 1 is 1.19 bits per heavy atom. The van der Waals surface area contributed by atoms with Crippen LogP contribution in [0.4, 0.5) is 5.69 Å². The van der Waals surface area contributed by atoms with Gasteiger partial charge in [0.2, 0.25) is 0 Å². The van der Waals surface area contributed by atoms with E-state index in [4.69, 9.17) is 0 Å². The number of hydrogen-bond donors (Lipinski definition) is 1. The average molecular weight is 439 g/mol. The van der Waals surface area contributed by atoms with Gasteiger partial charge in [-0.3, -0.25) is 9.79 Å². The van der Waals surface area contributed by atoms with Crippen molar-refractivity contribution in [3.63, 3.8) is 0 Å². The molecule has 0 bridgehead atoms. The minimum absolute atomic E-state index is 0.00779. The molecular weight excluding hydrogens is 396 g/mol. The van der Waals surface area contributed by atoms with Crippen molar-refractivity contribution >= 4 is 23.5 Å². The van der Waals surface area contributed by atoms with Crippen molar-refractivity contribution in [3.8, 4) is 0 Å². The summed E-state index contributed by atoms with van der Waals surface area (Å²) in [5, 5.41) is 9.32. The summed E-state index contributed by atoms with van der Waals surface area (Å²) in [6.07, 6.45) is 11.0. The summed E-state index contributed by atoms with van der Waals surface area (Å²) < 4.78 is 0. The van der Waals surface area contributed by atoms with E-state index in [0.717, 1.165) is 30.1 Å². The van der Waals surface area contributed by atoms with E-state index in [1.807, 2.05) is 85.0 Å². The van der Waals surface area contributed by atoms with Gasteiger partial charge in [0.25, 0.3) is 5.91 Å². The fourth-order valence-corrected chi connectivity index (χ4v) is 2.72. The van der Waals surface area contributed by atoms with Crippen LogP contribution in [0.1, 0.15) is 61.8 Å². The molecule has 32 heavy (non-hydrogen) atoms. The van der Waals surface area contributed by atoms with Crippen LogP contribution in [-0.4, -0.2) is 30.9 Å². The second-order valence-corrected chi connectivity index (χ2v) is 6.62. The molecule has 0 aliphatic carbocycles. The van der Waals surface area contributed by atoms with Gasteiger partial charge in [-0.2, -0.15) is 5.10 Å². The van der Waals surface area contributed by atoms with Gasteiger partial charge in [-0.15, -0.1) is 0 Å². The SMILES string of the molecule is C/C=C(C)/C=C\C/C=C(\C=NCC)NCC1C(=O)N(c2ccccc2)N=C1C.CC.CC. The van der Waals surface area contributed by atoms with Gasteiger partial charge in [0.15, 0.2) is 0 Å². The Morgan fingerprint density at radius 2 is 1.84 bits per heavy atom. The standard InChI is InChI=1S/C23H30N4O.2C2H6/c1-5-18(3)12-10-11-13-20(16-24-6-2)25-17-22-19(4)26-27(23(22)28)21-14-8-7-9-15-21;2*1-2/h5,7-10,12-16,22,25H,6,11,17H2,1-4H3;2*1-2H3/b12-10-,18-5+,20-13+,24-16?;;. The highest BCUT2D eigenvalue weighted by atomic mass is 16.2. The van der Waals surface area contributed by atoms with Gasteiger partial charge in [-0.1, -0.05) is 75.8 Å². The Morgan fingerprint density at radius 3 is 2.44 bits per heavy atom. The van der Waals surface area contributed by atoms with Gasteiger partial charge >= 0.3 is 0 Å². The zero-order valence-electron chi connectivity index (χ0n) is 21.2. The van der Waals surface area contributed by atoms with Gasteiger partial charge < -0.3 is 5.32 Å². The highest BCUT2D eigenvalue weighted by molar-refractivity contribution is 6.15. The molecule has 1 aliphatic heterocycles. The summed E-state index contributed by atoms with van der Waals surface area (Å²) in [6, 6.07) is 9.52. The molecule has 1 aromatic rings. The van der Waals surface area contributed by atoms with Gasteiger partial charge in [0.1, 0.15) is 0 Å². The third-order valence-corrected chi connectivity index (χ3v) is 4.50. The third kappa shape index (κ3) is 9.90. The third-order valence-electron chi connectivity index (χ3n) is 4.50. The summed E-state index contributed by atoms with van der Waals surface area (Å²) in [6.45, 7) is 17.2. The molecule has 1 unspecified atom stereocenters. The number of anilines is 1. The van der Waals surface area contributed by atoms with E-state index in [0.29, 0.717) is 6.54 Å². The highest BCUT2D eigenvalue weighted by Crippen LogP contribution is 2.23. The maximum Gasteiger partial charge on any atom is 0.258 e. The lowest BCUT2D eigenvalue weighted by atomic mass is 10.0. The molecule has 0 fully saturated rings. The largest absolute Gasteiger partial charge is 0.383 e. The predicted octanol–water partition coefficient (Wildman–Crippen LogP) is 6.55. The van der Waals surface area contributed by atoms with Crippen LogP contribution in [0.2, 0.25) is 0 Å². The molecule has 176 valence electrons. The lowest BCUT2D eigenvalue weighted by Gasteiger charge is -2.15. The molecule has 1 atom stereocenters. The Bertz CT molecular complexity index is 804. The topological polar surface area (TPSA) is 57.1 Å². The maximum absolute atomic E-state index is 12.8. The van der Waals surface area contributed by atoms with E-state index in [-0.39, 0.29) is 11.8 Å². The first-order valence-corrected chi connectivity index (χ1v) is 11.7. The number of para-hydroxylation sites is 1. The number of hydrazone groups is 1. The zero-order valence-corrected chi connectivity index (χ0v) is 21.2. The quantitative estimate of drug-likeness (QED) is 0.351. The Kier molecular flexibility index (Phi) is 16.1. The van der Waals surface area contributed by atoms with Crippen LogP contribution in [0.15, 0.2) is 76.0 Å². The van der Waals surface area contributed by atoms with Crippen molar-refractivity contribution in [1.82, 2.24) is 5.32 Å². The molecule has 5 nitrogen and oxygen atoms in total. The first-order valence-electron chi connectivity index (χ1n) is 11.7. The first kappa shape index (κ1) is 29.1. The van der Waals surface area contributed by atoms with Crippen LogP contribution in [0.3, 0.4) is 0 Å². The number of hydrogen-bond acceptors (Lipinski definition) is 4. The average Bonchev–Trinajstić information content (AvgIpc) is 3.14. The number of allylic oxidation sites excluding steroid dienone is 6. The van der Waals surface area contributed by atoms with Gasteiger partial charge in [-0.25, -0.2) is 5.01 Å². The number of aliphatic imine (C=N–C) groups is 1. The van der Waals surface area contributed by atoms with Gasteiger partial charge in [0.05, 0.1) is 17.3 Å². The molecule has 0 aromatic heterocycles. The van der Waals surface area contributed by atoms with E-state index in [1.54, 1.807) is 0 Å². The summed E-state index contributed by atoms with van der Waals surface area (Å²) in [4.78, 5) is 17.1. The van der Waals surface area contributed by atoms with Crippen molar-refractivity contribution in [2.45, 2.75) is 61.8 Å². The van der Waals surface area contributed by atoms with Crippen molar-refractivity contribution in [2.75, 3.05) is 18.1 Å². The number of nitrogens with zero attached hydrogens (tertiary/aromatic N) is 3. The highest BCUT2D eigenvalue weighted by Gasteiger charge is 2.34. The lowest BCUT2D eigenvalue weighted by Crippen LogP contribution is -2.34. The van der Waals surface area contributed by atoms with Gasteiger partial charge in [-0.05, 0) is 46.2 Å². The van der Waals surface area contributed by atoms with Crippen LogP contribution in [0, 0.1) is 5.92 Å². The summed E-state index contributed by atoms with van der Waals surface area (Å²) in [5.74, 6) is -0.286. The molecule has 1 aliphatic rings. The number of benzene rings is 1. The molecule has 0 spiro atoms. The molecule has 1 amide bonds. The lowest BCUT2D eigenvalue weighted by molar-refractivity contribution is -0.119. The first-order chi connectivity index (χ1) is 15.6.